The normalized spacial score (nSPS) is 12.3. The van der Waals surface area contributed by atoms with Crippen LogP contribution in [0.25, 0.3) is 0 Å². The molecule has 1 amide bonds. The van der Waals surface area contributed by atoms with Gasteiger partial charge < -0.3 is 19.5 Å². The maximum absolute atomic E-state index is 13.3. The maximum atomic E-state index is 13.3. The van der Waals surface area contributed by atoms with E-state index in [4.69, 9.17) is 14.2 Å². The van der Waals surface area contributed by atoms with Gasteiger partial charge in [-0.25, -0.2) is 0 Å². The van der Waals surface area contributed by atoms with Crippen molar-refractivity contribution in [3.8, 4) is 11.5 Å². The lowest BCUT2D eigenvalue weighted by atomic mass is 9.84. The van der Waals surface area contributed by atoms with E-state index in [1.807, 2.05) is 36.4 Å². The topological polar surface area (TPSA) is 73.9 Å². The second-order valence-corrected chi connectivity index (χ2v) is 10.1. The van der Waals surface area contributed by atoms with Gasteiger partial charge in [0.05, 0.1) is 27.8 Å². The van der Waals surface area contributed by atoms with E-state index in [0.717, 1.165) is 28.8 Å². The summed E-state index contributed by atoms with van der Waals surface area (Å²) in [5, 5.41) is 3.13. The molecule has 6 heteroatoms. The molecule has 1 unspecified atom stereocenters. The van der Waals surface area contributed by atoms with Gasteiger partial charge in [0.1, 0.15) is 11.5 Å². The van der Waals surface area contributed by atoms with Gasteiger partial charge in [-0.3, -0.25) is 9.59 Å². The van der Waals surface area contributed by atoms with Crippen LogP contribution in [0.1, 0.15) is 70.1 Å². The van der Waals surface area contributed by atoms with Crippen molar-refractivity contribution in [1.29, 1.82) is 0 Å². The molecule has 0 aromatic heterocycles. The minimum atomic E-state index is -0.315. The summed E-state index contributed by atoms with van der Waals surface area (Å²) >= 11 is 0. The summed E-state index contributed by atoms with van der Waals surface area (Å²) < 4.78 is 15.8. The van der Waals surface area contributed by atoms with E-state index >= 15 is 0 Å². The Labute approximate surface area is 204 Å². The number of benzene rings is 2. The molecule has 2 aromatic rings. The summed E-state index contributed by atoms with van der Waals surface area (Å²) in [7, 11) is 4.62. The highest BCUT2D eigenvalue weighted by Gasteiger charge is 2.24. The quantitative estimate of drug-likeness (QED) is 0.440. The summed E-state index contributed by atoms with van der Waals surface area (Å²) in [6, 6.07) is 11.5. The van der Waals surface area contributed by atoms with Crippen LogP contribution in [0, 0.1) is 5.92 Å². The van der Waals surface area contributed by atoms with Crippen LogP contribution in [0.3, 0.4) is 0 Å². The number of nitrogens with one attached hydrogen (secondary N) is 1. The first-order valence-corrected chi connectivity index (χ1v) is 11.7. The molecule has 0 fully saturated rings. The number of anilines is 1. The van der Waals surface area contributed by atoms with Crippen molar-refractivity contribution in [2.24, 2.45) is 5.92 Å². The van der Waals surface area contributed by atoms with Crippen LogP contribution in [-0.2, 0) is 26.2 Å². The number of ether oxygens (including phenoxy) is 3. The van der Waals surface area contributed by atoms with Crippen molar-refractivity contribution in [1.82, 2.24) is 0 Å². The Morgan fingerprint density at radius 3 is 2.24 bits per heavy atom. The summed E-state index contributed by atoms with van der Waals surface area (Å²) in [6.45, 7) is 10.6. The number of rotatable bonds is 10. The van der Waals surface area contributed by atoms with E-state index in [0.29, 0.717) is 23.8 Å². The number of hydrogen-bond donors (Lipinski definition) is 1. The smallest absolute Gasteiger partial charge is 0.309 e. The van der Waals surface area contributed by atoms with Gasteiger partial charge in [-0.15, -0.1) is 0 Å². The Morgan fingerprint density at radius 2 is 1.68 bits per heavy atom. The molecule has 1 N–H and O–H groups in total. The van der Waals surface area contributed by atoms with E-state index < -0.39 is 0 Å². The first-order chi connectivity index (χ1) is 16.0. The predicted molar refractivity (Wildman–Crippen MR) is 136 cm³/mol. The van der Waals surface area contributed by atoms with E-state index in [1.54, 1.807) is 14.2 Å². The number of carbonyl (C=O) groups is 2. The average molecular weight is 470 g/mol. The lowest BCUT2D eigenvalue weighted by molar-refractivity contribution is -0.139. The largest absolute Gasteiger partial charge is 0.497 e. The third-order valence-corrected chi connectivity index (χ3v) is 5.81. The van der Waals surface area contributed by atoms with Gasteiger partial charge in [0.2, 0.25) is 5.91 Å². The molecule has 0 aliphatic carbocycles. The van der Waals surface area contributed by atoms with Crippen LogP contribution in [0.15, 0.2) is 36.4 Å². The van der Waals surface area contributed by atoms with Crippen LogP contribution in [-0.4, -0.2) is 33.2 Å². The second-order valence-electron chi connectivity index (χ2n) is 10.1. The summed E-state index contributed by atoms with van der Waals surface area (Å²) in [5.74, 6) is 1.42. The molecule has 0 spiro atoms. The Morgan fingerprint density at radius 1 is 0.971 bits per heavy atom. The zero-order valence-corrected chi connectivity index (χ0v) is 21.8. The van der Waals surface area contributed by atoms with Crippen molar-refractivity contribution in [2.45, 2.75) is 65.2 Å². The van der Waals surface area contributed by atoms with Crippen molar-refractivity contribution < 1.29 is 23.8 Å². The Kier molecular flexibility index (Phi) is 9.54. The molecule has 0 aliphatic rings. The molecule has 0 heterocycles. The lowest BCUT2D eigenvalue weighted by Crippen LogP contribution is -2.21. The minimum absolute atomic E-state index is 0.0165. The number of amides is 1. The fraction of sp³-hybridized carbons (Fsp3) is 0.500. The van der Waals surface area contributed by atoms with E-state index in [-0.39, 0.29) is 29.6 Å². The molecule has 0 bridgehead atoms. The number of hydrogen-bond acceptors (Lipinski definition) is 5. The SMILES string of the molecule is COC(=O)Cc1ccc(C(C)(C)C)c(NC(=O)CC(CC(C)C)c2ccc(OC)cc2OC)c1. The summed E-state index contributed by atoms with van der Waals surface area (Å²) in [4.78, 5) is 25.1. The molecule has 0 radical (unpaired) electrons. The van der Waals surface area contributed by atoms with Gasteiger partial charge in [-0.2, -0.15) is 0 Å². The lowest BCUT2D eigenvalue weighted by Gasteiger charge is -2.25. The minimum Gasteiger partial charge on any atom is -0.497 e. The van der Waals surface area contributed by atoms with Crippen molar-refractivity contribution in [2.75, 3.05) is 26.6 Å². The molecule has 0 saturated heterocycles. The van der Waals surface area contributed by atoms with Crippen LogP contribution < -0.4 is 14.8 Å². The molecular formula is C28H39NO5. The molecule has 6 nitrogen and oxygen atoms in total. The molecule has 1 atom stereocenters. The van der Waals surface area contributed by atoms with Crippen molar-refractivity contribution in [3.63, 3.8) is 0 Å². The standard InChI is InChI=1S/C28H39NO5/c1-18(2)13-20(22-11-10-21(32-6)17-25(22)33-7)16-26(30)29-24-14-19(15-27(31)34-8)9-12-23(24)28(3,4)5/h9-12,14,17-18,20H,13,15-16H2,1-8H3,(H,29,30). The molecule has 34 heavy (non-hydrogen) atoms. The molecule has 0 saturated carbocycles. The van der Waals surface area contributed by atoms with Gasteiger partial charge in [0.15, 0.2) is 0 Å². The summed E-state index contributed by atoms with van der Waals surface area (Å²) in [5.41, 5.74) is 3.34. The van der Waals surface area contributed by atoms with Crippen LogP contribution >= 0.6 is 0 Å². The second kappa shape index (κ2) is 11.9. The van der Waals surface area contributed by atoms with Crippen LogP contribution in [0.4, 0.5) is 5.69 Å². The number of carbonyl (C=O) groups excluding carboxylic acids is 2. The first-order valence-electron chi connectivity index (χ1n) is 11.7. The van der Waals surface area contributed by atoms with Gasteiger partial charge in [0, 0.05) is 18.2 Å². The first kappa shape index (κ1) is 27.2. The zero-order valence-electron chi connectivity index (χ0n) is 21.8. The van der Waals surface area contributed by atoms with Crippen LogP contribution in [0.2, 0.25) is 0 Å². The van der Waals surface area contributed by atoms with Crippen molar-refractivity contribution >= 4 is 17.6 Å². The monoisotopic (exact) mass is 469 g/mol. The zero-order chi connectivity index (χ0) is 25.5. The Balaban J connectivity index is 2.35. The number of methoxy groups -OCH3 is 3. The van der Waals surface area contributed by atoms with Gasteiger partial charge in [0.25, 0.3) is 0 Å². The van der Waals surface area contributed by atoms with E-state index in [1.165, 1.54) is 7.11 Å². The average Bonchev–Trinajstić information content (AvgIpc) is 2.77. The highest BCUT2D eigenvalue weighted by Crippen LogP contribution is 2.37. The third-order valence-electron chi connectivity index (χ3n) is 5.81. The van der Waals surface area contributed by atoms with Gasteiger partial charge in [-0.05, 0) is 52.5 Å². The van der Waals surface area contributed by atoms with Crippen LogP contribution in [0.5, 0.6) is 11.5 Å². The van der Waals surface area contributed by atoms with E-state index in [2.05, 4.69) is 39.9 Å². The molecule has 186 valence electrons. The van der Waals surface area contributed by atoms with Crippen molar-refractivity contribution in [3.05, 3.63) is 53.1 Å². The Hall–Kier alpha value is -3.02. The highest BCUT2D eigenvalue weighted by molar-refractivity contribution is 5.92. The maximum Gasteiger partial charge on any atom is 0.309 e. The molecule has 2 rings (SSSR count). The molecular weight excluding hydrogens is 430 g/mol. The highest BCUT2D eigenvalue weighted by atomic mass is 16.5. The fourth-order valence-corrected chi connectivity index (χ4v) is 4.17. The van der Waals surface area contributed by atoms with Gasteiger partial charge >= 0.3 is 5.97 Å². The Bertz CT molecular complexity index is 991. The molecule has 0 aliphatic heterocycles. The third kappa shape index (κ3) is 7.51. The summed E-state index contributed by atoms with van der Waals surface area (Å²) in [6.07, 6.45) is 1.30. The molecule has 2 aromatic carbocycles. The number of esters is 1. The van der Waals surface area contributed by atoms with E-state index in [9.17, 15) is 9.59 Å². The predicted octanol–water partition coefficient (Wildman–Crippen LogP) is 5.88. The fourth-order valence-electron chi connectivity index (χ4n) is 4.17. The van der Waals surface area contributed by atoms with Gasteiger partial charge in [-0.1, -0.05) is 52.8 Å².